The number of aromatic carboxylic acids is 1. The maximum absolute atomic E-state index is 12.7. The largest absolute Gasteiger partial charge is 0.495 e. The van der Waals surface area contributed by atoms with E-state index in [-0.39, 0.29) is 16.3 Å². The number of methoxy groups -OCH3 is 1. The molecule has 0 amide bonds. The van der Waals surface area contributed by atoms with Gasteiger partial charge < -0.3 is 14.3 Å². The molecule has 2 N–H and O–H groups in total. The molecule has 2 aromatic carbocycles. The van der Waals surface area contributed by atoms with Crippen molar-refractivity contribution in [3.05, 3.63) is 65.9 Å². The van der Waals surface area contributed by atoms with Gasteiger partial charge in [-0.15, -0.1) is 0 Å². The Morgan fingerprint density at radius 1 is 1.07 bits per heavy atom. The molecule has 8 heteroatoms. The van der Waals surface area contributed by atoms with E-state index in [4.69, 9.17) is 14.3 Å². The number of hydrogen-bond acceptors (Lipinski definition) is 5. The molecule has 1 aromatic heterocycles. The van der Waals surface area contributed by atoms with E-state index in [1.54, 1.807) is 24.3 Å². The fourth-order valence-electron chi connectivity index (χ4n) is 2.47. The van der Waals surface area contributed by atoms with Gasteiger partial charge in [-0.1, -0.05) is 17.7 Å². The first-order valence-electron chi connectivity index (χ1n) is 7.91. The summed E-state index contributed by atoms with van der Waals surface area (Å²) in [5.74, 6) is -0.775. The third-order valence-corrected chi connectivity index (χ3v) is 5.26. The zero-order valence-electron chi connectivity index (χ0n) is 14.6. The summed E-state index contributed by atoms with van der Waals surface area (Å²) in [5.41, 5.74) is 1.66. The summed E-state index contributed by atoms with van der Waals surface area (Å²) in [5, 5.41) is 8.97. The van der Waals surface area contributed by atoms with Gasteiger partial charge in [0.15, 0.2) is 0 Å². The number of benzene rings is 2. The second-order valence-electron chi connectivity index (χ2n) is 5.80. The molecule has 7 nitrogen and oxygen atoms in total. The minimum absolute atomic E-state index is 0.117. The molecule has 1 heterocycles. The lowest BCUT2D eigenvalue weighted by Gasteiger charge is -2.13. The lowest BCUT2D eigenvalue weighted by molar-refractivity contribution is 0.0663. The van der Waals surface area contributed by atoms with Crippen molar-refractivity contribution in [3.8, 4) is 17.1 Å². The van der Waals surface area contributed by atoms with Gasteiger partial charge in [-0.3, -0.25) is 4.72 Å². The number of furan rings is 1. The predicted molar refractivity (Wildman–Crippen MR) is 99.6 cm³/mol. The highest BCUT2D eigenvalue weighted by atomic mass is 32.2. The normalized spacial score (nSPS) is 11.2. The number of anilines is 1. The van der Waals surface area contributed by atoms with Crippen LogP contribution in [0.1, 0.15) is 16.1 Å². The van der Waals surface area contributed by atoms with E-state index in [0.29, 0.717) is 17.1 Å². The Morgan fingerprint density at radius 2 is 1.78 bits per heavy atom. The highest BCUT2D eigenvalue weighted by molar-refractivity contribution is 7.92. The number of nitrogens with one attached hydrogen (secondary N) is 1. The number of ether oxygens (including phenoxy) is 1. The molecular formula is C19H17NO6S. The quantitative estimate of drug-likeness (QED) is 0.667. The van der Waals surface area contributed by atoms with Crippen LogP contribution in [0.3, 0.4) is 0 Å². The van der Waals surface area contributed by atoms with Crippen LogP contribution in [0.2, 0.25) is 0 Å². The van der Waals surface area contributed by atoms with Gasteiger partial charge in [-0.05, 0) is 49.4 Å². The van der Waals surface area contributed by atoms with Gasteiger partial charge >= 0.3 is 5.97 Å². The molecule has 140 valence electrons. The number of aryl methyl sites for hydroxylation is 1. The molecule has 0 fully saturated rings. The maximum Gasteiger partial charge on any atom is 0.371 e. The summed E-state index contributed by atoms with van der Waals surface area (Å²) in [6, 6.07) is 14.0. The Hall–Kier alpha value is -3.26. The topological polar surface area (TPSA) is 106 Å². The Morgan fingerprint density at radius 3 is 2.37 bits per heavy atom. The van der Waals surface area contributed by atoms with Crippen molar-refractivity contribution in [2.45, 2.75) is 11.8 Å². The van der Waals surface area contributed by atoms with Crippen molar-refractivity contribution in [3.63, 3.8) is 0 Å². The molecule has 0 atom stereocenters. The lowest BCUT2D eigenvalue weighted by Crippen LogP contribution is -2.13. The number of rotatable bonds is 6. The van der Waals surface area contributed by atoms with E-state index in [1.165, 1.54) is 37.4 Å². The Kier molecular flexibility index (Phi) is 4.91. The summed E-state index contributed by atoms with van der Waals surface area (Å²) in [6.45, 7) is 1.87. The number of sulfonamides is 1. The fourth-order valence-corrected chi connectivity index (χ4v) is 3.53. The summed E-state index contributed by atoms with van der Waals surface area (Å²) in [6.07, 6.45) is 0. The van der Waals surface area contributed by atoms with Crippen LogP contribution >= 0.6 is 0 Å². The summed E-state index contributed by atoms with van der Waals surface area (Å²) < 4.78 is 38.3. The Bertz CT molecular complexity index is 1080. The van der Waals surface area contributed by atoms with E-state index in [1.807, 2.05) is 6.92 Å². The maximum atomic E-state index is 12.7. The van der Waals surface area contributed by atoms with Crippen LogP contribution in [-0.2, 0) is 10.0 Å². The van der Waals surface area contributed by atoms with E-state index in [9.17, 15) is 13.2 Å². The van der Waals surface area contributed by atoms with E-state index < -0.39 is 16.0 Å². The third-order valence-electron chi connectivity index (χ3n) is 3.88. The minimum atomic E-state index is -3.82. The monoisotopic (exact) mass is 387 g/mol. The van der Waals surface area contributed by atoms with Crippen LogP contribution in [0, 0.1) is 6.92 Å². The molecule has 0 saturated carbocycles. The lowest BCUT2D eigenvalue weighted by atomic mass is 10.1. The van der Waals surface area contributed by atoms with Crippen LogP contribution in [0.15, 0.2) is 63.9 Å². The molecule has 27 heavy (non-hydrogen) atoms. The van der Waals surface area contributed by atoms with Gasteiger partial charge in [0.2, 0.25) is 5.76 Å². The molecule has 0 bridgehead atoms. The molecule has 0 aliphatic carbocycles. The summed E-state index contributed by atoms with van der Waals surface area (Å²) in [7, 11) is -2.40. The van der Waals surface area contributed by atoms with E-state index in [0.717, 1.165) is 5.56 Å². The first-order valence-corrected chi connectivity index (χ1v) is 9.39. The Balaban J connectivity index is 1.98. The molecular weight excluding hydrogens is 370 g/mol. The van der Waals surface area contributed by atoms with Gasteiger partial charge in [-0.2, -0.15) is 0 Å². The van der Waals surface area contributed by atoms with Gasteiger partial charge in [0, 0.05) is 5.56 Å². The number of carboxylic acids is 1. The highest BCUT2D eigenvalue weighted by Gasteiger charge is 2.18. The summed E-state index contributed by atoms with van der Waals surface area (Å²) in [4.78, 5) is 11.1. The first kappa shape index (κ1) is 18.5. The molecule has 3 rings (SSSR count). The predicted octanol–water partition coefficient (Wildman–Crippen LogP) is 3.76. The van der Waals surface area contributed by atoms with Crippen molar-refractivity contribution in [2.24, 2.45) is 0 Å². The second kappa shape index (κ2) is 7.16. The number of carboxylic acid groups (broad SMARTS) is 1. The van der Waals surface area contributed by atoms with Gasteiger partial charge in [0.05, 0.1) is 17.7 Å². The van der Waals surface area contributed by atoms with Crippen LogP contribution < -0.4 is 9.46 Å². The smallest absolute Gasteiger partial charge is 0.371 e. The zero-order valence-corrected chi connectivity index (χ0v) is 15.4. The van der Waals surface area contributed by atoms with E-state index in [2.05, 4.69) is 4.72 Å². The molecule has 0 aliphatic rings. The van der Waals surface area contributed by atoms with Crippen LogP contribution in [0.25, 0.3) is 11.3 Å². The Labute approximate surface area is 156 Å². The SMILES string of the molecule is COc1ccc(-c2ccc(C(=O)O)o2)cc1NS(=O)(=O)c1ccc(C)cc1. The first-order chi connectivity index (χ1) is 12.8. The molecule has 0 saturated heterocycles. The third kappa shape index (κ3) is 3.95. The molecule has 0 aliphatic heterocycles. The van der Waals surface area contributed by atoms with Crippen LogP contribution in [0.5, 0.6) is 5.75 Å². The molecule has 3 aromatic rings. The molecule has 0 unspecified atom stereocenters. The molecule has 0 spiro atoms. The van der Waals surface area contributed by atoms with Gasteiger partial charge in [0.25, 0.3) is 10.0 Å². The number of hydrogen-bond donors (Lipinski definition) is 2. The standard InChI is InChI=1S/C19H17NO6S/c1-12-3-6-14(7-4-12)27(23,24)20-15-11-13(5-8-17(15)25-2)16-9-10-18(26-16)19(21)22/h3-11,20H,1-2H3,(H,21,22). The highest BCUT2D eigenvalue weighted by Crippen LogP contribution is 2.33. The zero-order chi connectivity index (χ0) is 19.6. The average Bonchev–Trinajstić information content (AvgIpc) is 3.12. The molecule has 0 radical (unpaired) electrons. The van der Waals surface area contributed by atoms with Crippen molar-refractivity contribution < 1.29 is 27.5 Å². The van der Waals surface area contributed by atoms with Gasteiger partial charge in [-0.25, -0.2) is 13.2 Å². The minimum Gasteiger partial charge on any atom is -0.495 e. The van der Waals surface area contributed by atoms with Crippen LogP contribution in [0.4, 0.5) is 5.69 Å². The van der Waals surface area contributed by atoms with Crippen molar-refractivity contribution in [1.29, 1.82) is 0 Å². The van der Waals surface area contributed by atoms with Crippen molar-refractivity contribution in [2.75, 3.05) is 11.8 Å². The average molecular weight is 387 g/mol. The number of carbonyl (C=O) groups is 1. The fraction of sp³-hybridized carbons (Fsp3) is 0.105. The van der Waals surface area contributed by atoms with Crippen LogP contribution in [-0.4, -0.2) is 26.6 Å². The summed E-state index contributed by atoms with van der Waals surface area (Å²) >= 11 is 0. The van der Waals surface area contributed by atoms with E-state index >= 15 is 0 Å². The van der Waals surface area contributed by atoms with Gasteiger partial charge in [0.1, 0.15) is 11.5 Å². The van der Waals surface area contributed by atoms with Crippen molar-refractivity contribution >= 4 is 21.7 Å². The second-order valence-corrected chi connectivity index (χ2v) is 7.49. The van der Waals surface area contributed by atoms with Crippen molar-refractivity contribution in [1.82, 2.24) is 0 Å².